The van der Waals surface area contributed by atoms with Crippen molar-refractivity contribution in [1.29, 1.82) is 16.2 Å². The Morgan fingerprint density at radius 3 is 1.19 bits per heavy atom. The van der Waals surface area contributed by atoms with Crippen LogP contribution < -0.4 is 0 Å². The van der Waals surface area contributed by atoms with Gasteiger partial charge >= 0.3 is 39.0 Å². The van der Waals surface area contributed by atoms with Gasteiger partial charge in [-0.2, -0.15) is 0 Å². The molecule has 0 spiro atoms. The Morgan fingerprint density at radius 1 is 0.537 bits per heavy atom. The third-order valence-corrected chi connectivity index (χ3v) is 7.64. The summed E-state index contributed by atoms with van der Waals surface area (Å²) >= 11 is 0. The van der Waals surface area contributed by atoms with Gasteiger partial charge in [-0.05, 0) is 55.7 Å². The van der Waals surface area contributed by atoms with Crippen molar-refractivity contribution >= 4 is 39.0 Å². The SMILES string of the molecule is CC1(C)COB(OCc2cc(F)ccc2[N+]#N)OC1.N#[N+]c1ccc(F)cc1COB1OCCCCO1.N#[N+]c1ccc(F)cc1COB1OCCCO1. The van der Waals surface area contributed by atoms with Crippen LogP contribution in [0.2, 0.25) is 0 Å². The minimum absolute atomic E-state index is 0.0374. The molecule has 0 amide bonds. The van der Waals surface area contributed by atoms with E-state index >= 15 is 0 Å². The van der Waals surface area contributed by atoms with E-state index in [-0.39, 0.29) is 42.3 Å². The van der Waals surface area contributed by atoms with Gasteiger partial charge in [0.15, 0.2) is 14.9 Å². The van der Waals surface area contributed by atoms with Gasteiger partial charge in [-0.25, -0.2) is 13.2 Å². The zero-order valence-corrected chi connectivity index (χ0v) is 29.9. The fraction of sp³-hybridized carbons (Fsp3) is 0.455. The number of hydrogen-bond acceptors (Lipinski definition) is 12. The normalized spacial score (nSPS) is 16.7. The standard InChI is InChI=1S/C12H15BFN2O3.C11H13BFN2O3.C10H11BFN2O3/c1-12(2)7-18-13(19-8-12)17-6-9-5-10(14)3-4-11(9)16-15;13-10-3-4-11(15-14)9(7-10)8-18-12-16-5-1-2-6-17-12;12-9-2-3-10(14-13)8(6-9)7-17-11-15-4-1-5-16-11/h3-5H,6-8H2,1-2H3;3-4,7H,1-2,5-6,8H2;2-3,6H,1,4-5,7H2/q3*+1. The summed E-state index contributed by atoms with van der Waals surface area (Å²) in [4.78, 5) is 9.18. The highest BCUT2D eigenvalue weighted by molar-refractivity contribution is 6.37. The van der Waals surface area contributed by atoms with E-state index in [1.807, 2.05) is 13.8 Å². The number of halogens is 3. The zero-order valence-electron chi connectivity index (χ0n) is 29.9. The molecule has 3 heterocycles. The number of rotatable bonds is 9. The van der Waals surface area contributed by atoms with Crippen LogP contribution in [-0.4, -0.2) is 61.6 Å². The van der Waals surface area contributed by atoms with Gasteiger partial charge in [0, 0.05) is 63.3 Å². The lowest BCUT2D eigenvalue weighted by molar-refractivity contribution is -0.0213. The Labute approximate surface area is 311 Å². The topological polar surface area (TPSA) is 168 Å². The molecule has 0 aromatic heterocycles. The van der Waals surface area contributed by atoms with Crippen molar-refractivity contribution in [3.63, 3.8) is 0 Å². The molecule has 3 aliphatic heterocycles. The van der Waals surface area contributed by atoms with Crippen molar-refractivity contribution in [3.05, 3.63) is 104 Å². The van der Waals surface area contributed by atoms with E-state index in [1.165, 1.54) is 54.6 Å². The monoisotopic (exact) mass is 753 g/mol. The van der Waals surface area contributed by atoms with Crippen LogP contribution >= 0.6 is 0 Å². The molecule has 0 N–H and O–H groups in total. The molecule has 0 atom stereocenters. The Balaban J connectivity index is 0.000000181. The molecule has 6 rings (SSSR count). The van der Waals surface area contributed by atoms with Crippen LogP contribution in [-0.2, 0) is 61.7 Å². The van der Waals surface area contributed by atoms with Crippen LogP contribution in [0.25, 0.3) is 14.9 Å². The van der Waals surface area contributed by atoms with Gasteiger partial charge in [0.1, 0.15) is 17.5 Å². The summed E-state index contributed by atoms with van der Waals surface area (Å²) < 4.78 is 86.9. The molecular weight excluding hydrogens is 714 g/mol. The smallest absolute Gasteiger partial charge is 0.386 e. The second kappa shape index (κ2) is 22.1. The van der Waals surface area contributed by atoms with E-state index in [9.17, 15) is 13.2 Å². The van der Waals surface area contributed by atoms with Crippen molar-refractivity contribution in [2.75, 3.05) is 39.6 Å². The molecule has 3 aromatic carbocycles. The van der Waals surface area contributed by atoms with Crippen LogP contribution in [0.5, 0.6) is 0 Å². The fourth-order valence-electron chi connectivity index (χ4n) is 4.82. The highest BCUT2D eigenvalue weighted by Gasteiger charge is 2.35. The summed E-state index contributed by atoms with van der Waals surface area (Å²) in [6.45, 7) is 7.56. The maximum absolute atomic E-state index is 13.1. The summed E-state index contributed by atoms with van der Waals surface area (Å²) in [5.41, 5.74) is 2.06. The predicted molar refractivity (Wildman–Crippen MR) is 188 cm³/mol. The van der Waals surface area contributed by atoms with Crippen molar-refractivity contribution < 1.29 is 55.1 Å². The minimum Gasteiger partial charge on any atom is -0.386 e. The molecule has 0 unspecified atom stereocenters. The third-order valence-electron chi connectivity index (χ3n) is 7.64. The molecule has 54 heavy (non-hydrogen) atoms. The first-order chi connectivity index (χ1) is 26.1. The van der Waals surface area contributed by atoms with E-state index in [0.717, 1.165) is 19.3 Å². The van der Waals surface area contributed by atoms with E-state index in [4.69, 9.17) is 58.1 Å². The van der Waals surface area contributed by atoms with E-state index in [2.05, 4.69) is 14.9 Å². The minimum atomic E-state index is -0.775. The average molecular weight is 753 g/mol. The average Bonchev–Trinajstić information content (AvgIpc) is 3.46. The van der Waals surface area contributed by atoms with Gasteiger partial charge in [0.2, 0.25) is 16.2 Å². The lowest BCUT2D eigenvalue weighted by Crippen LogP contribution is -2.42. The molecule has 0 bridgehead atoms. The van der Waals surface area contributed by atoms with Crippen LogP contribution in [0.3, 0.4) is 0 Å². The van der Waals surface area contributed by atoms with E-state index in [1.54, 1.807) is 0 Å². The molecule has 282 valence electrons. The Morgan fingerprint density at radius 2 is 0.852 bits per heavy atom. The first kappa shape index (κ1) is 42.3. The summed E-state index contributed by atoms with van der Waals surface area (Å²) in [6.07, 6.45) is 2.69. The Bertz CT molecular complexity index is 1780. The molecule has 0 aliphatic carbocycles. The fourth-order valence-corrected chi connectivity index (χ4v) is 4.82. The number of nitrogens with zero attached hydrogens (tertiary/aromatic N) is 6. The number of hydrogen-bond donors (Lipinski definition) is 0. The van der Waals surface area contributed by atoms with Crippen molar-refractivity contribution in [2.24, 2.45) is 5.41 Å². The summed E-state index contributed by atoms with van der Waals surface area (Å²) in [6, 6.07) is 11.5. The first-order valence-corrected chi connectivity index (χ1v) is 17.0. The molecule has 21 heteroatoms. The molecule has 3 saturated heterocycles. The second-order valence-electron chi connectivity index (χ2n) is 12.7. The largest absolute Gasteiger partial charge is 0.639 e. The van der Waals surface area contributed by atoms with E-state index in [0.29, 0.717) is 56.3 Å². The molecule has 3 aromatic rings. The van der Waals surface area contributed by atoms with Crippen molar-refractivity contribution in [1.82, 2.24) is 0 Å². The van der Waals surface area contributed by atoms with Gasteiger partial charge in [0.25, 0.3) is 0 Å². The summed E-state index contributed by atoms with van der Waals surface area (Å²) in [7, 11) is -2.26. The molecule has 0 radical (unpaired) electrons. The van der Waals surface area contributed by atoms with Gasteiger partial charge < -0.3 is 41.9 Å². The van der Waals surface area contributed by atoms with Gasteiger partial charge in [-0.15, -0.1) is 0 Å². The molecule has 15 nitrogen and oxygen atoms in total. The lowest BCUT2D eigenvalue weighted by atomic mass is 9.93. The van der Waals surface area contributed by atoms with Crippen molar-refractivity contribution in [2.45, 2.75) is 52.9 Å². The van der Waals surface area contributed by atoms with Crippen LogP contribution in [0.4, 0.5) is 30.2 Å². The van der Waals surface area contributed by atoms with Gasteiger partial charge in [-0.1, -0.05) is 13.8 Å². The highest BCUT2D eigenvalue weighted by Crippen LogP contribution is 2.26. The molecule has 0 saturated carbocycles. The first-order valence-electron chi connectivity index (χ1n) is 17.0. The van der Waals surface area contributed by atoms with Gasteiger partial charge in [0.05, 0.1) is 36.5 Å². The Kier molecular flexibility index (Phi) is 17.3. The molecule has 3 aliphatic rings. The lowest BCUT2D eigenvalue weighted by Gasteiger charge is -2.31. The zero-order chi connectivity index (χ0) is 38.8. The summed E-state index contributed by atoms with van der Waals surface area (Å²) in [5.74, 6) is -1.25. The van der Waals surface area contributed by atoms with Gasteiger partial charge in [-0.3, -0.25) is 0 Å². The van der Waals surface area contributed by atoms with E-state index < -0.39 is 39.4 Å². The summed E-state index contributed by atoms with van der Waals surface area (Å²) in [5, 5.41) is 26.3. The maximum Gasteiger partial charge on any atom is 0.639 e. The maximum atomic E-state index is 13.1. The number of benzene rings is 3. The molecular formula is C33H39B3F3N6O9+3. The van der Waals surface area contributed by atoms with Crippen LogP contribution in [0.1, 0.15) is 49.8 Å². The third kappa shape index (κ3) is 14.4. The quantitative estimate of drug-likeness (QED) is 0.154. The van der Waals surface area contributed by atoms with Crippen LogP contribution in [0, 0.1) is 39.0 Å². The van der Waals surface area contributed by atoms with Crippen LogP contribution in [0.15, 0.2) is 54.6 Å². The predicted octanol–water partition coefficient (Wildman–Crippen LogP) is 7.77. The van der Waals surface area contributed by atoms with Crippen molar-refractivity contribution in [3.8, 4) is 0 Å². The number of diazo groups is 3. The Hall–Kier alpha value is -4.46. The second-order valence-corrected chi connectivity index (χ2v) is 12.7. The highest BCUT2D eigenvalue weighted by atomic mass is 19.1. The molecule has 3 fully saturated rings.